The number of hydrogen-bond acceptors (Lipinski definition) is 3. The summed E-state index contributed by atoms with van der Waals surface area (Å²) >= 11 is 0. The number of hydrogen-bond donors (Lipinski definition) is 1. The largest absolute Gasteiger partial charge is 0.454 e. The van der Waals surface area contributed by atoms with Gasteiger partial charge in [0, 0.05) is 18.0 Å². The van der Waals surface area contributed by atoms with Crippen molar-refractivity contribution in [2.45, 2.75) is 19.3 Å². The number of fused-ring (bicyclic) bond motifs is 1. The van der Waals surface area contributed by atoms with Crippen molar-refractivity contribution in [3.63, 3.8) is 0 Å². The van der Waals surface area contributed by atoms with E-state index in [4.69, 9.17) is 15.2 Å². The predicted octanol–water partition coefficient (Wildman–Crippen LogP) is 2.42. The summed E-state index contributed by atoms with van der Waals surface area (Å²) in [4.78, 5) is 0. The van der Waals surface area contributed by atoms with Gasteiger partial charge in [0.05, 0.1) is 0 Å². The van der Waals surface area contributed by atoms with Gasteiger partial charge >= 0.3 is 0 Å². The third-order valence-corrected chi connectivity index (χ3v) is 2.97. The zero-order valence-corrected chi connectivity index (χ0v) is 9.53. The molecule has 2 rings (SSSR count). The molecule has 0 fully saturated rings. The smallest absolute Gasteiger partial charge is 0.231 e. The molecule has 1 unspecified atom stereocenters. The Kier molecular flexibility index (Phi) is 3.15. The van der Waals surface area contributed by atoms with E-state index in [1.807, 2.05) is 12.1 Å². The molecule has 16 heavy (non-hydrogen) atoms. The zero-order valence-electron chi connectivity index (χ0n) is 9.53. The van der Waals surface area contributed by atoms with E-state index in [0.29, 0.717) is 13.3 Å². The molecule has 3 nitrogen and oxygen atoms in total. The molecule has 1 heterocycles. The van der Waals surface area contributed by atoms with Gasteiger partial charge in [-0.3, -0.25) is 0 Å². The van der Waals surface area contributed by atoms with Gasteiger partial charge in [-0.15, -0.1) is 0 Å². The lowest BCUT2D eigenvalue weighted by molar-refractivity contribution is 0.173. The fraction of sp³-hybridized carbons (Fsp3) is 0.385. The second-order valence-electron chi connectivity index (χ2n) is 3.90. The lowest BCUT2D eigenvalue weighted by Gasteiger charge is -2.18. The number of para-hydroxylation sites is 1. The third kappa shape index (κ3) is 1.78. The summed E-state index contributed by atoms with van der Waals surface area (Å²) in [5.74, 6) is 1.92. The van der Waals surface area contributed by atoms with Crippen LogP contribution in [0.1, 0.15) is 24.8 Å². The summed E-state index contributed by atoms with van der Waals surface area (Å²) in [7, 11) is 0. The minimum absolute atomic E-state index is 0.252. The van der Waals surface area contributed by atoms with E-state index in [1.54, 1.807) is 0 Å². The van der Waals surface area contributed by atoms with E-state index in [9.17, 15) is 0 Å². The SMILES string of the molecule is C=C(CN)C(CC)c1cccc2c1OCO2. The highest BCUT2D eigenvalue weighted by Crippen LogP contribution is 2.41. The van der Waals surface area contributed by atoms with Gasteiger partial charge in [0.1, 0.15) is 0 Å². The quantitative estimate of drug-likeness (QED) is 0.791. The molecule has 1 aromatic carbocycles. The molecule has 0 spiro atoms. The van der Waals surface area contributed by atoms with Crippen LogP contribution in [0, 0.1) is 0 Å². The van der Waals surface area contributed by atoms with Crippen LogP contribution in [0.25, 0.3) is 0 Å². The molecule has 0 radical (unpaired) electrons. The second kappa shape index (κ2) is 4.58. The average Bonchev–Trinajstić information content (AvgIpc) is 2.78. The standard InChI is InChI=1S/C13H17NO2/c1-3-10(9(2)7-14)11-5-4-6-12-13(11)16-8-15-12/h4-6,10H,2-3,7-8,14H2,1H3. The van der Waals surface area contributed by atoms with E-state index in [2.05, 4.69) is 19.6 Å². The van der Waals surface area contributed by atoms with Crippen molar-refractivity contribution in [3.8, 4) is 11.5 Å². The van der Waals surface area contributed by atoms with Gasteiger partial charge in [0.15, 0.2) is 11.5 Å². The van der Waals surface area contributed by atoms with Crippen molar-refractivity contribution in [3.05, 3.63) is 35.9 Å². The minimum Gasteiger partial charge on any atom is -0.454 e. The molecule has 1 aromatic rings. The van der Waals surface area contributed by atoms with Gasteiger partial charge in [0.25, 0.3) is 0 Å². The maximum atomic E-state index is 5.66. The Balaban J connectivity index is 2.39. The number of nitrogens with two attached hydrogens (primary N) is 1. The van der Waals surface area contributed by atoms with Gasteiger partial charge in [-0.1, -0.05) is 31.2 Å². The van der Waals surface area contributed by atoms with Crippen molar-refractivity contribution in [1.29, 1.82) is 0 Å². The van der Waals surface area contributed by atoms with Crippen LogP contribution < -0.4 is 15.2 Å². The summed E-state index contributed by atoms with van der Waals surface area (Å²) in [5.41, 5.74) is 7.83. The van der Waals surface area contributed by atoms with Gasteiger partial charge in [-0.25, -0.2) is 0 Å². The van der Waals surface area contributed by atoms with Crippen LogP contribution in [0.2, 0.25) is 0 Å². The predicted molar refractivity (Wildman–Crippen MR) is 63.8 cm³/mol. The molecule has 0 amide bonds. The maximum Gasteiger partial charge on any atom is 0.231 e. The summed E-state index contributed by atoms with van der Waals surface area (Å²) in [5, 5.41) is 0. The zero-order chi connectivity index (χ0) is 11.5. The van der Waals surface area contributed by atoms with Crippen molar-refractivity contribution >= 4 is 0 Å². The van der Waals surface area contributed by atoms with Crippen molar-refractivity contribution in [1.82, 2.24) is 0 Å². The van der Waals surface area contributed by atoms with Crippen molar-refractivity contribution < 1.29 is 9.47 Å². The summed E-state index contributed by atoms with van der Waals surface area (Å²) in [6.45, 7) is 6.96. The van der Waals surface area contributed by atoms with Gasteiger partial charge in [-0.2, -0.15) is 0 Å². The molecule has 1 aliphatic heterocycles. The Morgan fingerprint density at radius 3 is 3.00 bits per heavy atom. The summed E-state index contributed by atoms with van der Waals surface area (Å²) in [6, 6.07) is 5.96. The van der Waals surface area contributed by atoms with Crippen LogP contribution in [-0.2, 0) is 0 Å². The minimum atomic E-state index is 0.252. The first-order valence-electron chi connectivity index (χ1n) is 5.54. The van der Waals surface area contributed by atoms with Crippen molar-refractivity contribution in [2.75, 3.05) is 13.3 Å². The molecule has 0 saturated heterocycles. The monoisotopic (exact) mass is 219 g/mol. The normalized spacial score (nSPS) is 14.9. The highest BCUT2D eigenvalue weighted by atomic mass is 16.7. The second-order valence-corrected chi connectivity index (χ2v) is 3.90. The van der Waals surface area contributed by atoms with Gasteiger partial charge in [-0.05, 0) is 12.5 Å². The van der Waals surface area contributed by atoms with E-state index < -0.39 is 0 Å². The van der Waals surface area contributed by atoms with Crippen LogP contribution >= 0.6 is 0 Å². The Morgan fingerprint density at radius 2 is 2.31 bits per heavy atom. The Labute approximate surface area is 95.9 Å². The first kappa shape index (κ1) is 11.0. The summed E-state index contributed by atoms with van der Waals surface area (Å²) in [6.07, 6.45) is 0.968. The molecule has 86 valence electrons. The fourth-order valence-electron chi connectivity index (χ4n) is 2.10. The molecule has 0 saturated carbocycles. The van der Waals surface area contributed by atoms with E-state index >= 15 is 0 Å². The van der Waals surface area contributed by atoms with Gasteiger partial charge in [0.2, 0.25) is 6.79 Å². The van der Waals surface area contributed by atoms with Gasteiger partial charge < -0.3 is 15.2 Å². The highest BCUT2D eigenvalue weighted by molar-refractivity contribution is 5.51. The lowest BCUT2D eigenvalue weighted by atomic mass is 9.89. The van der Waals surface area contributed by atoms with Crippen LogP contribution in [-0.4, -0.2) is 13.3 Å². The fourth-order valence-corrected chi connectivity index (χ4v) is 2.10. The average molecular weight is 219 g/mol. The Bertz CT molecular complexity index is 401. The van der Waals surface area contributed by atoms with E-state index in [0.717, 1.165) is 29.1 Å². The van der Waals surface area contributed by atoms with E-state index in [1.165, 1.54) is 0 Å². The van der Waals surface area contributed by atoms with Crippen LogP contribution in [0.5, 0.6) is 11.5 Å². The third-order valence-electron chi connectivity index (χ3n) is 2.97. The van der Waals surface area contributed by atoms with Crippen LogP contribution in [0.4, 0.5) is 0 Å². The highest BCUT2D eigenvalue weighted by Gasteiger charge is 2.23. The van der Waals surface area contributed by atoms with E-state index in [-0.39, 0.29) is 5.92 Å². The molecular formula is C13H17NO2. The Morgan fingerprint density at radius 1 is 1.50 bits per heavy atom. The molecule has 0 aliphatic carbocycles. The van der Waals surface area contributed by atoms with Crippen molar-refractivity contribution in [2.24, 2.45) is 5.73 Å². The molecule has 2 N–H and O–H groups in total. The number of rotatable bonds is 4. The topological polar surface area (TPSA) is 44.5 Å². The Hall–Kier alpha value is -1.48. The molecule has 0 bridgehead atoms. The molecule has 1 atom stereocenters. The summed E-state index contributed by atoms with van der Waals surface area (Å²) < 4.78 is 10.9. The first-order chi connectivity index (χ1) is 7.77. The lowest BCUT2D eigenvalue weighted by Crippen LogP contribution is -2.11. The maximum absolute atomic E-state index is 5.66. The number of ether oxygens (including phenoxy) is 2. The molecular weight excluding hydrogens is 202 g/mol. The first-order valence-corrected chi connectivity index (χ1v) is 5.54. The molecule has 0 aromatic heterocycles. The molecule has 3 heteroatoms. The number of benzene rings is 1. The van der Waals surface area contributed by atoms with Crippen LogP contribution in [0.15, 0.2) is 30.4 Å². The van der Waals surface area contributed by atoms with Crippen LogP contribution in [0.3, 0.4) is 0 Å². The molecule has 1 aliphatic rings.